The monoisotopic (exact) mass is 686 g/mol. The number of nitrogens with one attached hydrogen (secondary N) is 2. The first-order chi connectivity index (χ1) is 24.3. The Morgan fingerprint density at radius 2 is 1.10 bits per heavy atom. The summed E-state index contributed by atoms with van der Waals surface area (Å²) in [6, 6.07) is 36.0. The van der Waals surface area contributed by atoms with E-state index >= 15 is 0 Å². The molecule has 0 radical (unpaired) electrons. The van der Waals surface area contributed by atoms with Crippen molar-refractivity contribution in [1.82, 2.24) is 10.6 Å². The largest absolute Gasteiger partial charge is 0.359 e. The molecule has 7 aromatic rings. The number of fused-ring (bicyclic) bond motifs is 4. The first kappa shape index (κ1) is 34.2. The zero-order valence-electron chi connectivity index (χ0n) is 31.0. The SMILES string of the molecule is CC(=O)NC[Si](C)(C)CNC(=O)c1cc2ccc(-c3c4ccc(C)cc4c(-c4ccc5cc(C)cc(C)c5c4)c4ccc(C)cc34)cc2cc1C. The molecule has 2 amide bonds. The van der Waals surface area contributed by atoms with Gasteiger partial charge in [-0.15, -0.1) is 0 Å². The highest BCUT2D eigenvalue weighted by Gasteiger charge is 2.23. The highest BCUT2D eigenvalue weighted by atomic mass is 28.3. The predicted octanol–water partition coefficient (Wildman–Crippen LogP) is 10.8. The Balaban J connectivity index is 1.36. The zero-order valence-corrected chi connectivity index (χ0v) is 32.0. The van der Waals surface area contributed by atoms with Gasteiger partial charge in [0, 0.05) is 24.8 Å². The van der Waals surface area contributed by atoms with E-state index in [9.17, 15) is 9.59 Å². The molecule has 0 unspecified atom stereocenters. The molecular formula is C46H46N2O2Si. The summed E-state index contributed by atoms with van der Waals surface area (Å²) in [5.74, 6) is -0.108. The molecule has 5 heteroatoms. The number of rotatable bonds is 7. The Hall–Kier alpha value is -5.26. The molecule has 0 heterocycles. The van der Waals surface area contributed by atoms with E-state index in [1.807, 2.05) is 13.0 Å². The van der Waals surface area contributed by atoms with Gasteiger partial charge in [0.1, 0.15) is 0 Å². The van der Waals surface area contributed by atoms with Gasteiger partial charge in [-0.05, 0) is 129 Å². The highest BCUT2D eigenvalue weighted by Crippen LogP contribution is 2.45. The van der Waals surface area contributed by atoms with Crippen molar-refractivity contribution in [2.24, 2.45) is 0 Å². The molecule has 7 aromatic carbocycles. The van der Waals surface area contributed by atoms with Crippen LogP contribution in [0, 0.1) is 34.6 Å². The molecule has 0 saturated carbocycles. The molecule has 0 aliphatic rings. The zero-order chi connectivity index (χ0) is 36.2. The third-order valence-corrected chi connectivity index (χ3v) is 12.5. The molecule has 0 atom stereocenters. The Morgan fingerprint density at radius 3 is 1.73 bits per heavy atom. The molecule has 51 heavy (non-hydrogen) atoms. The molecule has 256 valence electrons. The standard InChI is InChI=1S/C46H46N2O2Si/c1-27-10-16-39-42(19-27)44(38-15-9-28(2)20-43(38)45(39)36-14-12-34-18-29(3)17-30(4)40(34)24-36)35-13-11-33-23-41(31(5)21-37(33)22-35)46(50)48-26-51(7,8)25-47-32(6)49/h9-24H,25-26H2,1-8H3,(H,47,49)(H,48,50). The molecule has 4 nitrogen and oxygen atoms in total. The fraction of sp³-hybridized carbons (Fsp3) is 0.217. The van der Waals surface area contributed by atoms with Gasteiger partial charge in [-0.2, -0.15) is 0 Å². The van der Waals surface area contributed by atoms with Crippen LogP contribution in [-0.4, -0.2) is 32.2 Å². The summed E-state index contributed by atoms with van der Waals surface area (Å²) in [7, 11) is -1.84. The lowest BCUT2D eigenvalue weighted by molar-refractivity contribution is -0.118. The molecule has 0 bridgehead atoms. The van der Waals surface area contributed by atoms with E-state index < -0.39 is 8.07 Å². The second-order valence-electron chi connectivity index (χ2n) is 15.4. The fourth-order valence-corrected chi connectivity index (χ4v) is 9.11. The molecular weight excluding hydrogens is 641 g/mol. The van der Waals surface area contributed by atoms with E-state index in [0.29, 0.717) is 17.9 Å². The first-order valence-electron chi connectivity index (χ1n) is 17.8. The smallest absolute Gasteiger partial charge is 0.251 e. The minimum absolute atomic E-state index is 0.0381. The predicted molar refractivity (Wildman–Crippen MR) is 220 cm³/mol. The molecule has 0 aliphatic carbocycles. The van der Waals surface area contributed by atoms with Crippen molar-refractivity contribution < 1.29 is 9.59 Å². The number of hydrogen-bond donors (Lipinski definition) is 2. The topological polar surface area (TPSA) is 58.2 Å². The lowest BCUT2D eigenvalue weighted by Crippen LogP contribution is -2.50. The van der Waals surface area contributed by atoms with Gasteiger partial charge in [0.25, 0.3) is 5.91 Å². The summed E-state index contributed by atoms with van der Waals surface area (Å²) in [5.41, 5.74) is 11.5. The Bertz CT molecular complexity index is 2560. The molecule has 0 aliphatic heterocycles. The minimum atomic E-state index is -1.84. The van der Waals surface area contributed by atoms with Crippen LogP contribution in [0.15, 0.2) is 97.1 Å². The van der Waals surface area contributed by atoms with Crippen molar-refractivity contribution in [2.45, 2.75) is 54.6 Å². The van der Waals surface area contributed by atoms with Crippen LogP contribution < -0.4 is 10.6 Å². The van der Waals surface area contributed by atoms with Gasteiger partial charge in [-0.1, -0.05) is 109 Å². The van der Waals surface area contributed by atoms with E-state index in [1.54, 1.807) is 0 Å². The third kappa shape index (κ3) is 6.66. The van der Waals surface area contributed by atoms with Crippen molar-refractivity contribution in [1.29, 1.82) is 0 Å². The summed E-state index contributed by atoms with van der Waals surface area (Å²) in [5, 5.41) is 15.7. The van der Waals surface area contributed by atoms with Crippen LogP contribution in [-0.2, 0) is 4.79 Å². The second kappa shape index (κ2) is 13.1. The van der Waals surface area contributed by atoms with Crippen LogP contribution in [0.2, 0.25) is 13.1 Å². The van der Waals surface area contributed by atoms with Crippen LogP contribution in [0.3, 0.4) is 0 Å². The maximum atomic E-state index is 13.4. The van der Waals surface area contributed by atoms with Gasteiger partial charge in [-0.3, -0.25) is 9.59 Å². The van der Waals surface area contributed by atoms with Crippen LogP contribution in [0.4, 0.5) is 0 Å². The maximum Gasteiger partial charge on any atom is 0.251 e. The molecule has 0 fully saturated rings. The van der Waals surface area contributed by atoms with Crippen LogP contribution in [0.25, 0.3) is 65.3 Å². The Labute approximate surface area is 301 Å². The van der Waals surface area contributed by atoms with E-state index in [-0.39, 0.29) is 11.8 Å². The number of benzene rings is 7. The molecule has 2 N–H and O–H groups in total. The number of hydrogen-bond acceptors (Lipinski definition) is 2. The maximum absolute atomic E-state index is 13.4. The van der Waals surface area contributed by atoms with E-state index in [1.165, 1.54) is 78.2 Å². The molecule has 0 saturated heterocycles. The van der Waals surface area contributed by atoms with E-state index in [4.69, 9.17) is 0 Å². The quantitative estimate of drug-likeness (QED) is 0.130. The average Bonchev–Trinajstić information content (AvgIpc) is 3.08. The van der Waals surface area contributed by atoms with Gasteiger partial charge >= 0.3 is 0 Å². The lowest BCUT2D eigenvalue weighted by atomic mass is 9.84. The van der Waals surface area contributed by atoms with Gasteiger partial charge in [0.05, 0.1) is 8.07 Å². The second-order valence-corrected chi connectivity index (χ2v) is 20.4. The van der Waals surface area contributed by atoms with Gasteiger partial charge in [0.2, 0.25) is 5.91 Å². The fourth-order valence-electron chi connectivity index (χ4n) is 7.62. The summed E-state index contributed by atoms with van der Waals surface area (Å²) < 4.78 is 0. The summed E-state index contributed by atoms with van der Waals surface area (Å²) in [6.07, 6.45) is 1.23. The van der Waals surface area contributed by atoms with Gasteiger partial charge in [0.15, 0.2) is 0 Å². The normalized spacial score (nSPS) is 11.8. The van der Waals surface area contributed by atoms with Crippen molar-refractivity contribution in [3.8, 4) is 22.3 Å². The number of carbonyl (C=O) groups excluding carboxylic acids is 2. The van der Waals surface area contributed by atoms with Crippen molar-refractivity contribution in [3.05, 3.63) is 130 Å². The van der Waals surface area contributed by atoms with Gasteiger partial charge in [-0.25, -0.2) is 0 Å². The lowest BCUT2D eigenvalue weighted by Gasteiger charge is -2.23. The summed E-state index contributed by atoms with van der Waals surface area (Å²) in [4.78, 5) is 24.9. The van der Waals surface area contributed by atoms with Crippen LogP contribution >= 0.6 is 0 Å². The van der Waals surface area contributed by atoms with Crippen LogP contribution in [0.5, 0.6) is 0 Å². The van der Waals surface area contributed by atoms with Crippen molar-refractivity contribution in [2.75, 3.05) is 12.3 Å². The number of amides is 2. The van der Waals surface area contributed by atoms with Crippen LogP contribution in [0.1, 0.15) is 45.1 Å². The van der Waals surface area contributed by atoms with Gasteiger partial charge < -0.3 is 10.6 Å². The minimum Gasteiger partial charge on any atom is -0.359 e. The molecule has 0 spiro atoms. The average molecular weight is 687 g/mol. The summed E-state index contributed by atoms with van der Waals surface area (Å²) in [6.45, 7) is 16.6. The number of carbonyl (C=O) groups is 2. The van der Waals surface area contributed by atoms with E-state index in [2.05, 4.69) is 142 Å². The Morgan fingerprint density at radius 1 is 0.510 bits per heavy atom. The molecule has 0 aromatic heterocycles. The Kier molecular flexibility index (Phi) is 8.80. The highest BCUT2D eigenvalue weighted by molar-refractivity contribution is 6.78. The van der Waals surface area contributed by atoms with Crippen molar-refractivity contribution >= 4 is 63.0 Å². The molecule has 7 rings (SSSR count). The first-order valence-corrected chi connectivity index (χ1v) is 21.2. The van der Waals surface area contributed by atoms with E-state index in [0.717, 1.165) is 21.9 Å². The number of aryl methyl sites for hydroxylation is 5. The van der Waals surface area contributed by atoms with Crippen molar-refractivity contribution in [3.63, 3.8) is 0 Å². The third-order valence-electron chi connectivity index (χ3n) is 10.3. The summed E-state index contributed by atoms with van der Waals surface area (Å²) >= 11 is 0.